The molecular weight excluding hydrogens is 442 g/mol. The number of carbonyl (C=O) groups is 2. The van der Waals surface area contributed by atoms with E-state index in [9.17, 15) is 9.18 Å². The van der Waals surface area contributed by atoms with Crippen molar-refractivity contribution in [2.45, 2.75) is 6.92 Å². The molecule has 0 unspecified atom stereocenters. The Balaban J connectivity index is 0.000000668. The first kappa shape index (κ1) is 24.0. The monoisotopic (exact) mass is 460 g/mol. The van der Waals surface area contributed by atoms with E-state index in [2.05, 4.69) is 10.3 Å². The number of amidine groups is 1. The fraction of sp³-hybridized carbons (Fsp3) is 0.0870. The average Bonchev–Trinajstić information content (AvgIpc) is 3.08. The molecule has 0 aromatic heterocycles. The third-order valence-electron chi connectivity index (χ3n) is 4.41. The Bertz CT molecular complexity index is 1260. The van der Waals surface area contributed by atoms with Crippen LogP contribution in [0, 0.1) is 5.82 Å². The number of halogens is 1. The van der Waals surface area contributed by atoms with Crippen molar-refractivity contribution in [3.63, 3.8) is 0 Å². The molecule has 1 amide bonds. The molecule has 1 heterocycles. The molecule has 0 atom stereocenters. The fourth-order valence-electron chi connectivity index (χ4n) is 2.87. The van der Waals surface area contributed by atoms with Crippen LogP contribution in [0.1, 0.15) is 12.5 Å². The smallest absolute Gasteiger partial charge is 0.0147 e. The molecule has 0 saturated carbocycles. The van der Waals surface area contributed by atoms with Crippen LogP contribution in [0.25, 0.3) is 16.8 Å². The first-order valence-electron chi connectivity index (χ1n) is 9.58. The number of hydrogen-bond donors (Lipinski definition) is 2. The van der Waals surface area contributed by atoms with E-state index in [1.807, 2.05) is 42.5 Å². The number of carbonyl (C=O) groups excluding carboxylic acids is 1. The summed E-state index contributed by atoms with van der Waals surface area (Å²) in [7, 11) is 1.64. The number of aliphatic imine (C=N–C) groups is 1. The van der Waals surface area contributed by atoms with E-state index in [1.165, 1.54) is 17.8 Å². The topological polar surface area (TPSA) is 88.0 Å². The molecule has 9 heteroatoms. The molecule has 4 rings (SSSR count). The van der Waals surface area contributed by atoms with E-state index < -0.39 is 5.97 Å². The van der Waals surface area contributed by atoms with Gasteiger partial charge in [-0.05, 0) is 17.5 Å². The quantitative estimate of drug-likeness (QED) is 0.455. The normalized spacial score (nSPS) is 14.1. The SMILES string of the molecule is CC(=O)O.COc1ccc2cc(C=C3SC(Nc4cc[c]([Na])c(F)c4)=NC3=O)ccc2c1. The van der Waals surface area contributed by atoms with Crippen molar-refractivity contribution < 1.29 is 23.8 Å². The van der Waals surface area contributed by atoms with Crippen LogP contribution in [0.5, 0.6) is 5.75 Å². The van der Waals surface area contributed by atoms with E-state index in [4.69, 9.17) is 14.6 Å². The van der Waals surface area contributed by atoms with Crippen molar-refractivity contribution in [1.82, 2.24) is 0 Å². The molecule has 3 aromatic carbocycles. The summed E-state index contributed by atoms with van der Waals surface area (Å²) in [6.45, 7) is 1.08. The van der Waals surface area contributed by atoms with E-state index in [1.54, 1.807) is 19.2 Å². The van der Waals surface area contributed by atoms with Gasteiger partial charge in [-0.3, -0.25) is 4.79 Å². The first-order chi connectivity index (χ1) is 15.2. The van der Waals surface area contributed by atoms with Crippen molar-refractivity contribution in [2.24, 2.45) is 4.99 Å². The zero-order valence-electron chi connectivity index (χ0n) is 17.7. The van der Waals surface area contributed by atoms with Gasteiger partial charge in [0.2, 0.25) is 0 Å². The van der Waals surface area contributed by atoms with Gasteiger partial charge in [-0.2, -0.15) is 0 Å². The van der Waals surface area contributed by atoms with Crippen LogP contribution in [0.15, 0.2) is 64.5 Å². The Morgan fingerprint density at radius 2 is 1.84 bits per heavy atom. The molecule has 0 fully saturated rings. The van der Waals surface area contributed by atoms with Crippen molar-refractivity contribution in [3.05, 3.63) is 70.9 Å². The third kappa shape index (κ3) is 6.43. The molecule has 0 saturated heterocycles. The Hall–Kier alpha value is -2.65. The van der Waals surface area contributed by atoms with Gasteiger partial charge in [-0.1, -0.05) is 6.07 Å². The fourth-order valence-corrected chi connectivity index (χ4v) is 4.01. The maximum absolute atomic E-state index is 13.7. The van der Waals surface area contributed by atoms with E-state index >= 15 is 0 Å². The molecule has 0 aliphatic carbocycles. The minimum absolute atomic E-state index is 0.241. The number of nitrogens with zero attached hydrogens (tertiary/aromatic N) is 1. The van der Waals surface area contributed by atoms with Gasteiger partial charge >= 0.3 is 143 Å². The maximum atomic E-state index is 13.7. The second kappa shape index (κ2) is 10.8. The second-order valence-corrected chi connectivity index (χ2v) is 9.02. The van der Waals surface area contributed by atoms with Crippen LogP contribution in [-0.4, -0.2) is 57.2 Å². The standard InChI is InChI=1S/C21H14FN2O2S.C2H4O2.Na/c1-26-18-8-7-14-9-13(5-6-15(14)11-18)10-19-20(25)24-21(27-19)23-17-4-2-3-16(22)12-17;1-2(3)4;/h2,4-12H,1H3,(H,23,24,25);1H3,(H,3,4);. The molecule has 1 aliphatic rings. The zero-order valence-corrected chi connectivity index (χ0v) is 20.5. The summed E-state index contributed by atoms with van der Waals surface area (Å²) < 4.78 is 19.7. The molecule has 2 N–H and O–H groups in total. The van der Waals surface area contributed by atoms with Crippen LogP contribution >= 0.6 is 11.8 Å². The van der Waals surface area contributed by atoms with Gasteiger partial charge in [0.05, 0.1) is 7.11 Å². The van der Waals surface area contributed by atoms with Crippen molar-refractivity contribution in [3.8, 4) is 5.75 Å². The molecule has 6 nitrogen and oxygen atoms in total. The molecule has 0 bridgehead atoms. The summed E-state index contributed by atoms with van der Waals surface area (Å²) in [5.41, 5.74) is 1.49. The Morgan fingerprint density at radius 1 is 1.16 bits per heavy atom. The van der Waals surface area contributed by atoms with Gasteiger partial charge in [-0.25, -0.2) is 0 Å². The van der Waals surface area contributed by atoms with Crippen molar-refractivity contribution in [1.29, 1.82) is 0 Å². The van der Waals surface area contributed by atoms with Crippen LogP contribution in [0.3, 0.4) is 0 Å². The number of fused-ring (bicyclic) bond motifs is 1. The second-order valence-electron chi connectivity index (χ2n) is 6.91. The Kier molecular flexibility index (Phi) is 8.09. The van der Waals surface area contributed by atoms with E-state index in [0.717, 1.165) is 29.0 Å². The number of amides is 1. The predicted octanol–water partition coefficient (Wildman–Crippen LogP) is 3.95. The number of thioether (sulfide) groups is 1. The number of anilines is 1. The van der Waals surface area contributed by atoms with Crippen LogP contribution in [-0.2, 0) is 9.59 Å². The number of rotatable bonds is 3. The number of methoxy groups -OCH3 is 1. The minimum atomic E-state index is -0.833. The number of benzene rings is 3. The van der Waals surface area contributed by atoms with E-state index in [0.29, 0.717) is 46.5 Å². The summed E-state index contributed by atoms with van der Waals surface area (Å²) in [4.78, 5) is 25.8. The zero-order chi connectivity index (χ0) is 23.3. The van der Waals surface area contributed by atoms with Gasteiger partial charge in [-0.15, -0.1) is 0 Å². The number of aliphatic carboxylic acids is 1. The number of carboxylic acid groups (broad SMARTS) is 1. The molecular formula is C23H18FN2NaO4S. The third-order valence-corrected chi connectivity index (χ3v) is 6.12. The Labute approximate surface area is 206 Å². The molecule has 32 heavy (non-hydrogen) atoms. The van der Waals surface area contributed by atoms with E-state index in [-0.39, 0.29) is 11.7 Å². The van der Waals surface area contributed by atoms with Gasteiger partial charge in [0, 0.05) is 6.92 Å². The van der Waals surface area contributed by atoms with Crippen molar-refractivity contribution >= 4 is 82.1 Å². The molecule has 3 aromatic rings. The van der Waals surface area contributed by atoms with Gasteiger partial charge < -0.3 is 9.84 Å². The summed E-state index contributed by atoms with van der Waals surface area (Å²) >= 11 is 1.90. The summed E-state index contributed by atoms with van der Waals surface area (Å²) in [5, 5.41) is 13.0. The van der Waals surface area contributed by atoms with Crippen LogP contribution < -0.4 is 12.9 Å². The minimum Gasteiger partial charge on any atom is -0.0147 e. The van der Waals surface area contributed by atoms with Gasteiger partial charge in [0.1, 0.15) is 5.75 Å². The van der Waals surface area contributed by atoms with Crippen LogP contribution in [0.4, 0.5) is 10.1 Å². The number of hydrogen-bond acceptors (Lipinski definition) is 5. The predicted molar refractivity (Wildman–Crippen MR) is 127 cm³/mol. The van der Waals surface area contributed by atoms with Gasteiger partial charge in [0.25, 0.3) is 5.97 Å². The van der Waals surface area contributed by atoms with Crippen molar-refractivity contribution in [2.75, 3.05) is 12.4 Å². The molecule has 158 valence electrons. The molecule has 1 aliphatic heterocycles. The summed E-state index contributed by atoms with van der Waals surface area (Å²) in [5.74, 6) is -0.573. The first-order valence-corrected chi connectivity index (χ1v) is 11.4. The molecule has 0 spiro atoms. The average molecular weight is 460 g/mol. The summed E-state index contributed by atoms with van der Waals surface area (Å²) in [6, 6.07) is 16.8. The number of nitrogens with one attached hydrogen (secondary N) is 1. The number of ether oxygens (including phenoxy) is 1. The van der Waals surface area contributed by atoms with Gasteiger partial charge in [0.15, 0.2) is 0 Å². The van der Waals surface area contributed by atoms with Crippen LogP contribution in [0.2, 0.25) is 0 Å². The number of carboxylic acids is 1. The molecule has 0 radical (unpaired) electrons. The Morgan fingerprint density at radius 3 is 2.53 bits per heavy atom. The summed E-state index contributed by atoms with van der Waals surface area (Å²) in [6.07, 6.45) is 1.82.